The molecule has 6 heteroatoms. The third-order valence-corrected chi connectivity index (χ3v) is 5.35. The molecular formula is C23H19NO4S. The van der Waals surface area contributed by atoms with Gasteiger partial charge in [0.25, 0.3) is 0 Å². The van der Waals surface area contributed by atoms with Crippen LogP contribution in [-0.2, 0) is 16.1 Å². The second-order valence-corrected chi connectivity index (χ2v) is 7.39. The molecule has 1 aliphatic rings. The molecule has 0 amide bonds. The summed E-state index contributed by atoms with van der Waals surface area (Å²) < 4.78 is 16.7. The summed E-state index contributed by atoms with van der Waals surface area (Å²) in [5, 5.41) is 1.91. The molecule has 0 spiro atoms. The second-order valence-electron chi connectivity index (χ2n) is 6.44. The van der Waals surface area contributed by atoms with Crippen molar-refractivity contribution in [2.75, 3.05) is 7.11 Å². The van der Waals surface area contributed by atoms with Gasteiger partial charge in [-0.25, -0.2) is 9.79 Å². The first-order valence-electron chi connectivity index (χ1n) is 9.06. The zero-order valence-electron chi connectivity index (χ0n) is 16.0. The number of ether oxygens (including phenoxy) is 3. The Hall–Kier alpha value is -3.38. The van der Waals surface area contributed by atoms with Gasteiger partial charge in [-0.3, -0.25) is 0 Å². The molecule has 2 heterocycles. The zero-order valence-corrected chi connectivity index (χ0v) is 16.9. The van der Waals surface area contributed by atoms with E-state index < -0.39 is 5.97 Å². The van der Waals surface area contributed by atoms with Crippen molar-refractivity contribution in [3.8, 4) is 11.5 Å². The first-order valence-corrected chi connectivity index (χ1v) is 9.94. The van der Waals surface area contributed by atoms with Crippen LogP contribution in [0.3, 0.4) is 0 Å². The SMILES string of the molecule is COc1cc(/C=C2/N=C(c3cccs3)OC2=O)ccc1OCc1ccccc1C. The topological polar surface area (TPSA) is 57.1 Å². The summed E-state index contributed by atoms with van der Waals surface area (Å²) in [6, 6.07) is 17.3. The molecule has 0 aliphatic carbocycles. The smallest absolute Gasteiger partial charge is 0.363 e. The van der Waals surface area contributed by atoms with Gasteiger partial charge in [-0.1, -0.05) is 36.4 Å². The molecule has 29 heavy (non-hydrogen) atoms. The van der Waals surface area contributed by atoms with Crippen LogP contribution in [0.1, 0.15) is 21.6 Å². The highest BCUT2D eigenvalue weighted by Gasteiger charge is 2.24. The van der Waals surface area contributed by atoms with Gasteiger partial charge in [0.2, 0.25) is 5.90 Å². The second kappa shape index (κ2) is 8.32. The highest BCUT2D eigenvalue weighted by atomic mass is 32.1. The Labute approximate surface area is 172 Å². The Morgan fingerprint density at radius 1 is 1.10 bits per heavy atom. The molecule has 4 rings (SSSR count). The first kappa shape index (κ1) is 19.0. The number of rotatable bonds is 6. The standard InChI is InChI=1S/C23H19NO4S/c1-15-6-3-4-7-17(15)14-27-19-10-9-16(13-20(19)26-2)12-18-23(25)28-22(24-18)21-8-5-11-29-21/h3-13H,14H2,1-2H3/b18-12+. The summed E-state index contributed by atoms with van der Waals surface area (Å²) in [4.78, 5) is 17.3. The Balaban J connectivity index is 1.54. The lowest BCUT2D eigenvalue weighted by Gasteiger charge is -2.12. The molecular weight excluding hydrogens is 386 g/mol. The minimum atomic E-state index is -0.466. The van der Waals surface area contributed by atoms with Crippen LogP contribution < -0.4 is 9.47 Å². The summed E-state index contributed by atoms with van der Waals surface area (Å²) in [7, 11) is 1.59. The molecule has 0 fully saturated rings. The molecule has 0 atom stereocenters. The van der Waals surface area contributed by atoms with E-state index in [2.05, 4.69) is 18.0 Å². The number of hydrogen-bond donors (Lipinski definition) is 0. The van der Waals surface area contributed by atoms with Crippen molar-refractivity contribution < 1.29 is 19.0 Å². The summed E-state index contributed by atoms with van der Waals surface area (Å²) in [5.41, 5.74) is 3.31. The fraction of sp³-hybridized carbons (Fsp3) is 0.130. The van der Waals surface area contributed by atoms with E-state index in [0.29, 0.717) is 24.0 Å². The van der Waals surface area contributed by atoms with Gasteiger partial charge in [0, 0.05) is 0 Å². The number of hydrogen-bond acceptors (Lipinski definition) is 6. The van der Waals surface area contributed by atoms with E-state index in [0.717, 1.165) is 16.0 Å². The average molecular weight is 405 g/mol. The zero-order chi connectivity index (χ0) is 20.2. The lowest BCUT2D eigenvalue weighted by atomic mass is 10.1. The number of aryl methyl sites for hydroxylation is 1. The maximum absolute atomic E-state index is 12.1. The Bertz CT molecular complexity index is 1100. The molecule has 1 aliphatic heterocycles. The van der Waals surface area contributed by atoms with E-state index in [4.69, 9.17) is 14.2 Å². The van der Waals surface area contributed by atoms with Gasteiger partial charge >= 0.3 is 5.97 Å². The van der Waals surface area contributed by atoms with Gasteiger partial charge in [-0.05, 0) is 53.3 Å². The van der Waals surface area contributed by atoms with Crippen LogP contribution in [0.15, 0.2) is 70.7 Å². The number of carbonyl (C=O) groups is 1. The molecule has 3 aromatic rings. The average Bonchev–Trinajstić information content (AvgIpc) is 3.38. The fourth-order valence-electron chi connectivity index (χ4n) is 2.89. The lowest BCUT2D eigenvalue weighted by molar-refractivity contribution is -0.129. The molecule has 0 radical (unpaired) electrons. The first-order chi connectivity index (χ1) is 14.1. The molecule has 0 bridgehead atoms. The number of benzene rings is 2. The van der Waals surface area contributed by atoms with Gasteiger partial charge in [0.05, 0.1) is 12.0 Å². The normalized spacial score (nSPS) is 14.6. The van der Waals surface area contributed by atoms with E-state index in [1.807, 2.05) is 53.9 Å². The monoisotopic (exact) mass is 405 g/mol. The van der Waals surface area contributed by atoms with Crippen molar-refractivity contribution in [3.05, 3.63) is 87.2 Å². The number of methoxy groups -OCH3 is 1. The Morgan fingerprint density at radius 2 is 1.97 bits per heavy atom. The highest BCUT2D eigenvalue weighted by Crippen LogP contribution is 2.31. The predicted molar refractivity (Wildman–Crippen MR) is 113 cm³/mol. The van der Waals surface area contributed by atoms with E-state index in [9.17, 15) is 4.79 Å². The predicted octanol–water partition coefficient (Wildman–Crippen LogP) is 4.99. The number of esters is 1. The van der Waals surface area contributed by atoms with Crippen LogP contribution >= 0.6 is 11.3 Å². The largest absolute Gasteiger partial charge is 0.493 e. The lowest BCUT2D eigenvalue weighted by Crippen LogP contribution is -2.03. The summed E-state index contributed by atoms with van der Waals surface area (Å²) in [5.74, 6) is 1.09. The molecule has 0 saturated heterocycles. The van der Waals surface area contributed by atoms with Crippen LogP contribution in [-0.4, -0.2) is 19.0 Å². The van der Waals surface area contributed by atoms with Gasteiger partial charge in [0.15, 0.2) is 17.2 Å². The third-order valence-electron chi connectivity index (χ3n) is 4.49. The van der Waals surface area contributed by atoms with Crippen molar-refractivity contribution in [1.29, 1.82) is 0 Å². The van der Waals surface area contributed by atoms with Crippen LogP contribution in [0.2, 0.25) is 0 Å². The molecule has 146 valence electrons. The van der Waals surface area contributed by atoms with Crippen molar-refractivity contribution in [1.82, 2.24) is 0 Å². The molecule has 0 unspecified atom stereocenters. The van der Waals surface area contributed by atoms with Crippen molar-refractivity contribution in [2.45, 2.75) is 13.5 Å². The Morgan fingerprint density at radius 3 is 2.72 bits per heavy atom. The van der Waals surface area contributed by atoms with Gasteiger partial charge in [-0.2, -0.15) is 0 Å². The third kappa shape index (κ3) is 4.22. The number of aliphatic imine (C=N–C) groups is 1. The van der Waals surface area contributed by atoms with Gasteiger partial charge in [-0.15, -0.1) is 11.3 Å². The molecule has 1 aromatic heterocycles. The van der Waals surface area contributed by atoms with Crippen LogP contribution in [0.4, 0.5) is 0 Å². The summed E-state index contributed by atoms with van der Waals surface area (Å²) >= 11 is 1.47. The quantitative estimate of drug-likeness (QED) is 0.428. The maximum atomic E-state index is 12.1. The van der Waals surface area contributed by atoms with Crippen LogP contribution in [0.5, 0.6) is 11.5 Å². The molecule has 0 saturated carbocycles. The van der Waals surface area contributed by atoms with E-state index in [1.165, 1.54) is 16.9 Å². The number of cyclic esters (lactones) is 1. The summed E-state index contributed by atoms with van der Waals surface area (Å²) in [6.45, 7) is 2.50. The minimum absolute atomic E-state index is 0.254. The number of carbonyl (C=O) groups excluding carboxylic acids is 1. The molecule has 0 N–H and O–H groups in total. The van der Waals surface area contributed by atoms with Crippen LogP contribution in [0.25, 0.3) is 6.08 Å². The van der Waals surface area contributed by atoms with Gasteiger partial charge < -0.3 is 14.2 Å². The molecule has 2 aromatic carbocycles. The van der Waals surface area contributed by atoms with Gasteiger partial charge in [0.1, 0.15) is 6.61 Å². The highest BCUT2D eigenvalue weighted by molar-refractivity contribution is 7.12. The van der Waals surface area contributed by atoms with Crippen molar-refractivity contribution in [2.24, 2.45) is 4.99 Å². The van der Waals surface area contributed by atoms with E-state index in [-0.39, 0.29) is 5.70 Å². The number of thiophene rings is 1. The van der Waals surface area contributed by atoms with Crippen molar-refractivity contribution >= 4 is 29.3 Å². The molecule has 5 nitrogen and oxygen atoms in total. The van der Waals surface area contributed by atoms with E-state index >= 15 is 0 Å². The van der Waals surface area contributed by atoms with Crippen LogP contribution in [0, 0.1) is 6.92 Å². The van der Waals surface area contributed by atoms with E-state index in [1.54, 1.807) is 13.2 Å². The fourth-order valence-corrected chi connectivity index (χ4v) is 3.54. The number of nitrogens with zero attached hydrogens (tertiary/aromatic N) is 1. The minimum Gasteiger partial charge on any atom is -0.493 e. The Kier molecular flexibility index (Phi) is 5.44. The summed E-state index contributed by atoms with van der Waals surface area (Å²) in [6.07, 6.45) is 1.68. The maximum Gasteiger partial charge on any atom is 0.363 e. The van der Waals surface area contributed by atoms with Crippen molar-refractivity contribution in [3.63, 3.8) is 0 Å².